The maximum absolute atomic E-state index is 13.0. The van der Waals surface area contributed by atoms with Gasteiger partial charge in [-0.05, 0) is 83.3 Å². The van der Waals surface area contributed by atoms with Crippen LogP contribution in [0.25, 0.3) is 0 Å². The number of rotatable bonds is 11. The summed E-state index contributed by atoms with van der Waals surface area (Å²) in [4.78, 5) is 13.0. The third-order valence-corrected chi connectivity index (χ3v) is 7.21. The van der Waals surface area contributed by atoms with Crippen LogP contribution in [0.3, 0.4) is 0 Å². The van der Waals surface area contributed by atoms with Gasteiger partial charge in [-0.25, -0.2) is 0 Å². The lowest BCUT2D eigenvalue weighted by Crippen LogP contribution is -2.21. The van der Waals surface area contributed by atoms with Gasteiger partial charge in [0.25, 0.3) is 5.91 Å². The third kappa shape index (κ3) is 7.16. The molecule has 0 aromatic heterocycles. The van der Waals surface area contributed by atoms with Crippen LogP contribution >= 0.6 is 0 Å². The van der Waals surface area contributed by atoms with Crippen LogP contribution in [-0.2, 0) is 35.6 Å². The standard InChI is InChI=1S/C34H35NO5/c36-31-13-7-12-26-14-16-29(21-30(26)31)35-34(38)33(37)28-15-17-32(40-23-25-10-5-2-6-11-25)27(20-28)18-19-39-22-24-8-3-1-4-9-24/h1-6,8-11,14-17,20-21,31,33,36-37H,7,12-13,18-19,22-23H2,(H,35,38)/t31-,33+/m0/s1. The van der Waals surface area contributed by atoms with Gasteiger partial charge in [0.05, 0.1) is 19.3 Å². The number of hydrogen-bond donors (Lipinski definition) is 3. The topological polar surface area (TPSA) is 88.0 Å². The minimum atomic E-state index is -1.37. The van der Waals surface area contributed by atoms with E-state index >= 15 is 0 Å². The molecule has 1 aliphatic carbocycles. The summed E-state index contributed by atoms with van der Waals surface area (Å²) in [6, 6.07) is 30.8. The number of carbonyl (C=O) groups is 1. The molecule has 3 N–H and O–H groups in total. The molecule has 0 bridgehead atoms. The smallest absolute Gasteiger partial charge is 0.257 e. The van der Waals surface area contributed by atoms with E-state index in [1.165, 1.54) is 0 Å². The van der Waals surface area contributed by atoms with Gasteiger partial charge in [-0.3, -0.25) is 4.79 Å². The Kier molecular flexibility index (Phi) is 9.24. The fraction of sp³-hybridized carbons (Fsp3) is 0.265. The molecule has 0 unspecified atom stereocenters. The van der Waals surface area contributed by atoms with E-state index in [9.17, 15) is 15.0 Å². The summed E-state index contributed by atoms with van der Waals surface area (Å²) in [5.74, 6) is 0.154. The van der Waals surface area contributed by atoms with E-state index in [1.54, 1.807) is 18.2 Å². The van der Waals surface area contributed by atoms with E-state index in [1.807, 2.05) is 78.9 Å². The molecule has 4 aromatic rings. The Morgan fingerprint density at radius 2 is 1.62 bits per heavy atom. The minimum Gasteiger partial charge on any atom is -0.489 e. The van der Waals surface area contributed by atoms with Crippen molar-refractivity contribution in [1.29, 1.82) is 0 Å². The number of anilines is 1. The van der Waals surface area contributed by atoms with Crippen molar-refractivity contribution >= 4 is 11.6 Å². The molecule has 0 saturated heterocycles. The zero-order valence-electron chi connectivity index (χ0n) is 22.5. The second-order valence-electron chi connectivity index (χ2n) is 10.1. The summed E-state index contributed by atoms with van der Waals surface area (Å²) in [5.41, 5.74) is 5.97. The number of nitrogens with one attached hydrogen (secondary N) is 1. The van der Waals surface area contributed by atoms with E-state index in [0.29, 0.717) is 49.7 Å². The molecule has 6 nitrogen and oxygen atoms in total. The van der Waals surface area contributed by atoms with Crippen LogP contribution in [-0.4, -0.2) is 22.7 Å². The van der Waals surface area contributed by atoms with Gasteiger partial charge in [-0.2, -0.15) is 0 Å². The fourth-order valence-electron chi connectivity index (χ4n) is 5.00. The summed E-state index contributed by atoms with van der Waals surface area (Å²) in [6.07, 6.45) is 1.24. The van der Waals surface area contributed by atoms with Gasteiger partial charge in [0, 0.05) is 5.69 Å². The first-order chi connectivity index (χ1) is 19.6. The van der Waals surface area contributed by atoms with Crippen LogP contribution < -0.4 is 10.1 Å². The highest BCUT2D eigenvalue weighted by molar-refractivity contribution is 5.94. The van der Waals surface area contributed by atoms with Gasteiger partial charge in [0.1, 0.15) is 12.4 Å². The van der Waals surface area contributed by atoms with Crippen LogP contribution in [0.4, 0.5) is 5.69 Å². The van der Waals surface area contributed by atoms with Crippen molar-refractivity contribution in [2.45, 2.75) is 51.1 Å². The Morgan fingerprint density at radius 3 is 2.38 bits per heavy atom. The van der Waals surface area contributed by atoms with Crippen LogP contribution in [0.15, 0.2) is 97.1 Å². The zero-order valence-corrected chi connectivity index (χ0v) is 22.5. The van der Waals surface area contributed by atoms with E-state index in [0.717, 1.165) is 40.7 Å². The third-order valence-electron chi connectivity index (χ3n) is 7.21. The number of aliphatic hydroxyl groups excluding tert-OH is 2. The van der Waals surface area contributed by atoms with Crippen molar-refractivity contribution in [1.82, 2.24) is 0 Å². The number of carbonyl (C=O) groups excluding carboxylic acids is 1. The summed E-state index contributed by atoms with van der Waals surface area (Å²) in [5, 5.41) is 24.1. The van der Waals surface area contributed by atoms with Crippen LogP contribution in [0.2, 0.25) is 0 Å². The van der Waals surface area contributed by atoms with Gasteiger partial charge in [-0.15, -0.1) is 0 Å². The molecule has 5 rings (SSSR count). The van der Waals surface area contributed by atoms with E-state index in [2.05, 4.69) is 5.32 Å². The van der Waals surface area contributed by atoms with Crippen LogP contribution in [0.5, 0.6) is 5.75 Å². The number of aliphatic hydroxyl groups is 2. The monoisotopic (exact) mass is 537 g/mol. The number of hydrogen-bond acceptors (Lipinski definition) is 5. The maximum atomic E-state index is 13.0. The Hall–Kier alpha value is -3.97. The molecule has 40 heavy (non-hydrogen) atoms. The van der Waals surface area contributed by atoms with Crippen molar-refractivity contribution in [3.63, 3.8) is 0 Å². The second-order valence-corrected chi connectivity index (χ2v) is 10.1. The molecule has 0 heterocycles. The van der Waals surface area contributed by atoms with Gasteiger partial charge in [0.2, 0.25) is 0 Å². The molecule has 6 heteroatoms. The predicted octanol–water partition coefficient (Wildman–Crippen LogP) is 6.07. The number of ether oxygens (including phenoxy) is 2. The average molecular weight is 538 g/mol. The molecular formula is C34H35NO5. The van der Waals surface area contributed by atoms with E-state index in [-0.39, 0.29) is 0 Å². The Bertz CT molecular complexity index is 1410. The number of fused-ring (bicyclic) bond motifs is 1. The molecular weight excluding hydrogens is 502 g/mol. The molecule has 1 aliphatic rings. The van der Waals surface area contributed by atoms with Gasteiger partial charge < -0.3 is 25.0 Å². The van der Waals surface area contributed by atoms with Crippen molar-refractivity contribution in [2.75, 3.05) is 11.9 Å². The van der Waals surface area contributed by atoms with Gasteiger partial charge in [0.15, 0.2) is 6.10 Å². The van der Waals surface area contributed by atoms with Crippen molar-refractivity contribution < 1.29 is 24.5 Å². The minimum absolute atomic E-state index is 0.408. The molecule has 0 fully saturated rings. The number of aryl methyl sites for hydroxylation is 1. The molecule has 0 radical (unpaired) electrons. The van der Waals surface area contributed by atoms with Gasteiger partial charge >= 0.3 is 0 Å². The van der Waals surface area contributed by atoms with Crippen molar-refractivity contribution in [3.8, 4) is 5.75 Å². The molecule has 0 saturated carbocycles. The Morgan fingerprint density at radius 1 is 0.900 bits per heavy atom. The zero-order chi connectivity index (χ0) is 27.7. The Balaban J connectivity index is 1.28. The number of benzene rings is 4. The molecule has 0 spiro atoms. The molecule has 0 aliphatic heterocycles. The number of amides is 1. The van der Waals surface area contributed by atoms with Crippen LogP contribution in [0, 0.1) is 0 Å². The molecule has 206 valence electrons. The average Bonchev–Trinajstić information content (AvgIpc) is 2.99. The van der Waals surface area contributed by atoms with Crippen molar-refractivity contribution in [3.05, 3.63) is 130 Å². The highest BCUT2D eigenvalue weighted by atomic mass is 16.5. The normalized spacial score (nSPS) is 15.2. The Labute approximate surface area is 235 Å². The SMILES string of the molecule is O=C(Nc1ccc2c(c1)[C@@H](O)CCC2)[C@H](O)c1ccc(OCc2ccccc2)c(CCOCc2ccccc2)c1. The predicted molar refractivity (Wildman–Crippen MR) is 155 cm³/mol. The highest BCUT2D eigenvalue weighted by Gasteiger charge is 2.22. The van der Waals surface area contributed by atoms with E-state index in [4.69, 9.17) is 9.47 Å². The quantitative estimate of drug-likeness (QED) is 0.202. The first-order valence-electron chi connectivity index (χ1n) is 13.8. The lowest BCUT2D eigenvalue weighted by atomic mass is 9.89. The molecule has 1 amide bonds. The summed E-state index contributed by atoms with van der Waals surface area (Å²) >= 11 is 0. The first-order valence-corrected chi connectivity index (χ1v) is 13.8. The van der Waals surface area contributed by atoms with Crippen molar-refractivity contribution in [2.24, 2.45) is 0 Å². The van der Waals surface area contributed by atoms with Crippen LogP contribution in [0.1, 0.15) is 58.4 Å². The maximum Gasteiger partial charge on any atom is 0.257 e. The highest BCUT2D eigenvalue weighted by Crippen LogP contribution is 2.32. The summed E-state index contributed by atoms with van der Waals surface area (Å²) in [6.45, 7) is 1.37. The lowest BCUT2D eigenvalue weighted by molar-refractivity contribution is -0.124. The molecule has 2 atom stereocenters. The lowest BCUT2D eigenvalue weighted by Gasteiger charge is -2.22. The fourth-order valence-corrected chi connectivity index (χ4v) is 5.00. The summed E-state index contributed by atoms with van der Waals surface area (Å²) in [7, 11) is 0. The molecule has 4 aromatic carbocycles. The largest absolute Gasteiger partial charge is 0.489 e. The second kappa shape index (κ2) is 13.4. The van der Waals surface area contributed by atoms with Gasteiger partial charge in [-0.1, -0.05) is 72.8 Å². The van der Waals surface area contributed by atoms with E-state index < -0.39 is 18.1 Å². The first kappa shape index (κ1) is 27.6. The summed E-state index contributed by atoms with van der Waals surface area (Å²) < 4.78 is 12.0.